The lowest BCUT2D eigenvalue weighted by molar-refractivity contribution is -0.149. The Balaban J connectivity index is 1.07. The molecule has 2 aliphatic heterocycles. The Kier molecular flexibility index (Phi) is 27.9. The van der Waals surface area contributed by atoms with Crippen LogP contribution >= 0.6 is 11.8 Å². The summed E-state index contributed by atoms with van der Waals surface area (Å²) in [5.74, 6) is -6.72. The molecule has 2 heterocycles. The molecule has 107 heavy (non-hydrogen) atoms. The van der Waals surface area contributed by atoms with Gasteiger partial charge in [0.1, 0.15) is 59.2 Å². The summed E-state index contributed by atoms with van der Waals surface area (Å²) >= 11 is 1.34. The number of hydrogen-bond donors (Lipinski definition) is 8. The van der Waals surface area contributed by atoms with Gasteiger partial charge in [0, 0.05) is 31.7 Å². The van der Waals surface area contributed by atoms with Crippen LogP contribution in [0.5, 0.6) is 5.75 Å². The normalized spacial score (nSPS) is 16.7. The van der Waals surface area contributed by atoms with Gasteiger partial charge in [-0.25, -0.2) is 4.79 Å². The highest BCUT2D eigenvalue weighted by Crippen LogP contribution is 2.49. The molecule has 0 bridgehead atoms. The Hall–Kier alpha value is -10.2. The Labute approximate surface area is 632 Å². The van der Waals surface area contributed by atoms with Crippen LogP contribution in [0.1, 0.15) is 146 Å². The van der Waals surface area contributed by atoms with Gasteiger partial charge < -0.3 is 62.0 Å². The van der Waals surface area contributed by atoms with Gasteiger partial charge in [0.05, 0.1) is 23.0 Å². The van der Waals surface area contributed by atoms with Gasteiger partial charge in [-0.1, -0.05) is 214 Å². The van der Waals surface area contributed by atoms with Crippen molar-refractivity contribution in [2.75, 3.05) is 25.4 Å². The number of rotatable bonds is 33. The predicted molar refractivity (Wildman–Crippen MR) is 414 cm³/mol. The maximum absolute atomic E-state index is 16.0. The number of nitrogens with two attached hydrogens (primary N) is 1. The van der Waals surface area contributed by atoms with E-state index in [0.717, 1.165) is 33.4 Å². The second kappa shape index (κ2) is 36.9. The van der Waals surface area contributed by atoms with Crippen molar-refractivity contribution < 1.29 is 57.7 Å². The number of hydrogen-bond acceptors (Lipinski definition) is 13. The number of amides is 8. The largest absolute Gasteiger partial charge is 0.488 e. The monoisotopic (exact) mass is 1470 g/mol. The van der Waals surface area contributed by atoms with Gasteiger partial charge in [-0.15, -0.1) is 11.8 Å². The first-order valence-corrected chi connectivity index (χ1v) is 37.9. The van der Waals surface area contributed by atoms with E-state index in [-0.39, 0.29) is 57.6 Å². The zero-order valence-electron chi connectivity index (χ0n) is 62.6. The Morgan fingerprint density at radius 2 is 0.963 bits per heavy atom. The maximum atomic E-state index is 16.0. The van der Waals surface area contributed by atoms with E-state index >= 15 is 28.8 Å². The fraction of sp³-hybridized carbons (Fsp3) is 0.400. The van der Waals surface area contributed by atoms with Gasteiger partial charge >= 0.3 is 5.97 Å². The van der Waals surface area contributed by atoms with E-state index in [1.165, 1.54) is 28.5 Å². The Morgan fingerprint density at radius 1 is 0.523 bits per heavy atom. The van der Waals surface area contributed by atoms with Crippen molar-refractivity contribution in [2.24, 2.45) is 11.7 Å². The number of benzene rings is 7. The van der Waals surface area contributed by atoms with Crippen LogP contribution in [0.25, 0.3) is 0 Å². The molecule has 7 aromatic rings. The number of carboxylic acid groups (broad SMARTS) is 1. The average molecular weight is 1470 g/mol. The highest BCUT2D eigenvalue weighted by Gasteiger charge is 2.47. The summed E-state index contributed by atoms with van der Waals surface area (Å²) in [5.41, 5.74) is 8.69. The molecule has 9 rings (SSSR count). The zero-order valence-corrected chi connectivity index (χ0v) is 63.4. The zero-order chi connectivity index (χ0) is 77.1. The molecular weight excluding hydrogens is 1370 g/mol. The quantitative estimate of drug-likeness (QED) is 0.0178. The third-order valence-corrected chi connectivity index (χ3v) is 21.1. The van der Waals surface area contributed by atoms with E-state index in [1.54, 1.807) is 52.0 Å². The first-order chi connectivity index (χ1) is 51.1. The van der Waals surface area contributed by atoms with E-state index in [1.807, 2.05) is 210 Å². The number of aliphatic carboxylic acids is 1. The smallest absolute Gasteiger partial charge is 0.326 e. The standard InChI is InChI=1S/C85H103N9O12S/c1-10-56(2)73(91-76(98)68(54-105-82(4,5)6)89-74(96)57(3)86)80(102)94-52-30-44-71(94)79(101)93-51-29-43-70(93)78(100)87-66(49-50-72(95)92-84(59-31-17-11-18-32-59,60-33-19-12-20-34-60)61-35-21-13-22-36-61)75(97)90-69(77(99)88-67(81(103)104)53-58-45-47-65(48-46-58)106-83(7,8)9)55-107-85(62-37-23-14-24-38-62,63-39-25-15-26-40-63)64-41-27-16-28-42-64/h11-28,31-42,45-48,56-57,66-71,73H,10,29-30,43-44,49-55,86H2,1-9H3,(H,87,100)(H,88,99)(H,89,96)(H,90,97)(H,91,98)(H,92,95)(H,103,104)/t56-,57-,66-,67-,68-,69-,70-,71-,73-/m0/s1. The number of likely N-dealkylation sites (tertiary alicyclic amines) is 2. The fourth-order valence-corrected chi connectivity index (χ4v) is 15.3. The second-order valence-corrected chi connectivity index (χ2v) is 30.9. The van der Waals surface area contributed by atoms with Crippen molar-refractivity contribution in [3.63, 3.8) is 0 Å². The van der Waals surface area contributed by atoms with Gasteiger partial charge in [0.2, 0.25) is 47.3 Å². The molecule has 2 aliphatic rings. The predicted octanol–water partition coefficient (Wildman–Crippen LogP) is 9.72. The summed E-state index contributed by atoms with van der Waals surface area (Å²) in [6.45, 7) is 16.3. The lowest BCUT2D eigenvalue weighted by atomic mass is 9.77. The molecule has 21 nitrogen and oxygen atoms in total. The van der Waals surface area contributed by atoms with Crippen molar-refractivity contribution in [3.8, 4) is 5.75 Å². The molecule has 2 fully saturated rings. The van der Waals surface area contributed by atoms with Crippen LogP contribution in [0.2, 0.25) is 0 Å². The van der Waals surface area contributed by atoms with E-state index in [2.05, 4.69) is 31.9 Å². The molecule has 0 spiro atoms. The molecule has 0 saturated carbocycles. The van der Waals surface area contributed by atoms with E-state index < -0.39 is 129 Å². The SMILES string of the molecule is CC[C@H](C)[C@H](NC(=O)[C@H](COC(C)(C)C)NC(=O)[C@H](C)N)C(=O)N1CCC[C@H]1C(=O)N1CCC[C@H]1C(=O)N[C@@H](CCC(=O)NC(c1ccccc1)(c1ccccc1)c1ccccc1)C(=O)N[C@@H](CSC(c1ccccc1)(c1ccccc1)c1ccccc1)C(=O)N[C@@H](Cc1ccc(OC(C)(C)C)cc1)C(=O)O. The van der Waals surface area contributed by atoms with Crippen LogP contribution < -0.4 is 42.4 Å². The number of carbonyl (C=O) groups excluding carboxylic acids is 8. The summed E-state index contributed by atoms with van der Waals surface area (Å²) in [6.07, 6.45) is 0.761. The average Bonchev–Trinajstić information content (AvgIpc) is 1.71. The van der Waals surface area contributed by atoms with Crippen LogP contribution in [0.15, 0.2) is 206 Å². The van der Waals surface area contributed by atoms with Crippen LogP contribution in [0.3, 0.4) is 0 Å². The third-order valence-electron chi connectivity index (χ3n) is 19.4. The number of nitrogens with one attached hydrogen (secondary N) is 6. The minimum absolute atomic E-state index is 0.112. The molecule has 7 aromatic carbocycles. The van der Waals surface area contributed by atoms with Gasteiger partial charge in [-0.3, -0.25) is 38.4 Å². The first-order valence-electron chi connectivity index (χ1n) is 36.9. The molecule has 0 aliphatic carbocycles. The van der Waals surface area contributed by atoms with E-state index in [0.29, 0.717) is 30.6 Å². The van der Waals surface area contributed by atoms with Gasteiger partial charge in [-0.2, -0.15) is 0 Å². The topological polar surface area (TPSA) is 297 Å². The minimum Gasteiger partial charge on any atom is -0.488 e. The molecule has 0 aromatic heterocycles. The molecule has 566 valence electrons. The lowest BCUT2D eigenvalue weighted by Crippen LogP contribution is -2.61. The molecule has 8 amide bonds. The molecule has 22 heteroatoms. The second-order valence-electron chi connectivity index (χ2n) is 29.6. The molecule has 0 unspecified atom stereocenters. The number of carboxylic acids is 1. The van der Waals surface area contributed by atoms with Crippen molar-refractivity contribution in [3.05, 3.63) is 245 Å². The van der Waals surface area contributed by atoms with Crippen molar-refractivity contribution >= 4 is 65.0 Å². The molecule has 2 saturated heterocycles. The maximum Gasteiger partial charge on any atom is 0.326 e. The van der Waals surface area contributed by atoms with Gasteiger partial charge in [0.25, 0.3) is 0 Å². The summed E-state index contributed by atoms with van der Waals surface area (Å²) in [6, 6.07) is 54.2. The van der Waals surface area contributed by atoms with Gasteiger partial charge in [0.15, 0.2) is 0 Å². The molecule has 9 N–H and O–H groups in total. The number of carbonyl (C=O) groups is 9. The van der Waals surface area contributed by atoms with Crippen molar-refractivity contribution in [1.82, 2.24) is 41.7 Å². The van der Waals surface area contributed by atoms with Crippen LogP contribution in [-0.4, -0.2) is 153 Å². The summed E-state index contributed by atoms with van der Waals surface area (Å²) in [5, 5.41) is 28.5. The summed E-state index contributed by atoms with van der Waals surface area (Å²) < 4.78 is 10.9. The van der Waals surface area contributed by atoms with Crippen LogP contribution in [0, 0.1) is 5.92 Å². The third kappa shape index (κ3) is 20.9. The van der Waals surface area contributed by atoms with Crippen molar-refractivity contribution in [2.45, 2.75) is 184 Å². The fourth-order valence-electron chi connectivity index (χ4n) is 13.8. The van der Waals surface area contributed by atoms with Gasteiger partial charge in [-0.05, 0) is 138 Å². The number of thioether (sulfide) groups is 1. The van der Waals surface area contributed by atoms with Crippen molar-refractivity contribution in [1.29, 1.82) is 0 Å². The van der Waals surface area contributed by atoms with Crippen LogP contribution in [0.4, 0.5) is 0 Å². The molecule has 0 radical (unpaired) electrons. The Morgan fingerprint density at radius 3 is 1.42 bits per heavy atom. The Bertz CT molecular complexity index is 3940. The van der Waals surface area contributed by atoms with E-state index in [9.17, 15) is 19.5 Å². The highest BCUT2D eigenvalue weighted by molar-refractivity contribution is 8.00. The van der Waals surface area contributed by atoms with E-state index in [4.69, 9.17) is 15.2 Å². The first kappa shape index (κ1) is 80.9. The number of ether oxygens (including phenoxy) is 2. The summed E-state index contributed by atoms with van der Waals surface area (Å²) in [4.78, 5) is 136. The molecule has 9 atom stereocenters. The number of nitrogens with zero attached hydrogens (tertiary/aromatic N) is 2. The lowest BCUT2D eigenvalue weighted by Gasteiger charge is -2.37. The molecular formula is C85H103N9O12S. The summed E-state index contributed by atoms with van der Waals surface area (Å²) in [7, 11) is 0. The minimum atomic E-state index is -1.59. The highest BCUT2D eigenvalue weighted by atomic mass is 32.2. The van der Waals surface area contributed by atoms with Crippen LogP contribution in [-0.2, 0) is 64.6 Å².